The smallest absolute Gasteiger partial charge is 0.314 e. The molecule has 136 valence electrons. The first-order valence-electron chi connectivity index (χ1n) is 8.77. The lowest BCUT2D eigenvalue weighted by Crippen LogP contribution is -2.39. The van der Waals surface area contributed by atoms with Crippen LogP contribution in [0.4, 0.5) is 0 Å². The number of nitrogens with one attached hydrogen (secondary N) is 1. The second-order valence-electron chi connectivity index (χ2n) is 7.15. The second-order valence-corrected chi connectivity index (χ2v) is 7.15. The molecule has 1 aliphatic rings. The minimum absolute atomic E-state index is 0.270. The number of fused-ring (bicyclic) bond motifs is 1. The highest BCUT2D eigenvalue weighted by Crippen LogP contribution is 2.23. The zero-order valence-corrected chi connectivity index (χ0v) is 15.3. The molecule has 1 aliphatic heterocycles. The predicted octanol–water partition coefficient (Wildman–Crippen LogP) is 0.151. The molecule has 3 heterocycles. The first-order valence-corrected chi connectivity index (χ1v) is 8.77. The normalized spacial score (nSPS) is 17.1. The Morgan fingerprint density at radius 2 is 2.00 bits per heavy atom. The molecule has 3 rings (SSSR count). The van der Waals surface area contributed by atoms with E-state index in [1.807, 2.05) is 0 Å². The Balaban J connectivity index is 1.63. The van der Waals surface area contributed by atoms with Gasteiger partial charge in [-0.2, -0.15) is 0 Å². The molecule has 8 heteroatoms. The Bertz CT molecular complexity index is 876. The molecule has 1 N–H and O–H groups in total. The van der Waals surface area contributed by atoms with Gasteiger partial charge in [0.25, 0.3) is 5.56 Å². The van der Waals surface area contributed by atoms with Gasteiger partial charge in [0.2, 0.25) is 0 Å². The Labute approximate surface area is 146 Å². The molecule has 0 saturated heterocycles. The summed E-state index contributed by atoms with van der Waals surface area (Å²) in [6.07, 6.45) is 2.01. The molecule has 0 spiro atoms. The molecule has 0 radical (unpaired) electrons. The number of hydrogen-bond acceptors (Lipinski definition) is 5. The van der Waals surface area contributed by atoms with Crippen LogP contribution in [0.15, 0.2) is 15.7 Å². The van der Waals surface area contributed by atoms with Crippen molar-refractivity contribution >= 4 is 0 Å². The summed E-state index contributed by atoms with van der Waals surface area (Å²) < 4.78 is 4.88. The van der Waals surface area contributed by atoms with Crippen molar-refractivity contribution in [3.05, 3.63) is 44.2 Å². The quantitative estimate of drug-likeness (QED) is 0.833. The van der Waals surface area contributed by atoms with E-state index in [0.29, 0.717) is 24.1 Å². The zero-order valence-electron chi connectivity index (χ0n) is 15.3. The highest BCUT2D eigenvalue weighted by molar-refractivity contribution is 5.04. The fraction of sp³-hybridized carbons (Fsp3) is 0.647. The molecule has 1 atom stereocenters. The average molecular weight is 346 g/mol. The molecule has 2 aromatic rings. The Hall–Kier alpha value is -2.22. The van der Waals surface area contributed by atoms with Crippen LogP contribution in [-0.4, -0.2) is 30.4 Å². The van der Waals surface area contributed by atoms with Gasteiger partial charge in [-0.15, -0.1) is 10.2 Å². The minimum atomic E-state index is -0.294. The maximum atomic E-state index is 12.0. The van der Waals surface area contributed by atoms with Crippen molar-refractivity contribution in [2.24, 2.45) is 20.0 Å². The monoisotopic (exact) mass is 346 g/mol. The minimum Gasteiger partial charge on any atom is -0.314 e. The van der Waals surface area contributed by atoms with Gasteiger partial charge in [0.1, 0.15) is 11.6 Å². The maximum Gasteiger partial charge on any atom is 0.330 e. The van der Waals surface area contributed by atoms with E-state index in [-0.39, 0.29) is 11.2 Å². The molecule has 2 aromatic heterocycles. The third-order valence-electron chi connectivity index (χ3n) is 4.95. The lowest BCUT2D eigenvalue weighted by atomic mass is 9.98. The molecule has 0 aromatic carbocycles. The molecular formula is C17H26N6O2. The second kappa shape index (κ2) is 6.95. The highest BCUT2D eigenvalue weighted by atomic mass is 16.2. The highest BCUT2D eigenvalue weighted by Gasteiger charge is 2.23. The van der Waals surface area contributed by atoms with Crippen molar-refractivity contribution in [2.75, 3.05) is 6.54 Å². The first-order chi connectivity index (χ1) is 11.9. The lowest BCUT2D eigenvalue weighted by molar-refractivity contribution is 0.338. The number of aryl methyl sites for hydroxylation is 1. The summed E-state index contributed by atoms with van der Waals surface area (Å²) in [7, 11) is 3.19. The number of nitrogens with zero attached hydrogens (tertiary/aromatic N) is 5. The van der Waals surface area contributed by atoms with Crippen LogP contribution >= 0.6 is 0 Å². The van der Waals surface area contributed by atoms with Crippen molar-refractivity contribution in [3.63, 3.8) is 0 Å². The van der Waals surface area contributed by atoms with Gasteiger partial charge in [-0.25, -0.2) is 4.79 Å². The zero-order chi connectivity index (χ0) is 18.1. The summed E-state index contributed by atoms with van der Waals surface area (Å²) in [4.78, 5) is 23.8. The Kier molecular flexibility index (Phi) is 4.89. The number of rotatable bonds is 5. The van der Waals surface area contributed by atoms with Crippen molar-refractivity contribution in [2.45, 2.75) is 45.7 Å². The van der Waals surface area contributed by atoms with Crippen LogP contribution in [0.5, 0.6) is 0 Å². The van der Waals surface area contributed by atoms with E-state index in [4.69, 9.17) is 0 Å². The van der Waals surface area contributed by atoms with E-state index in [9.17, 15) is 9.59 Å². The molecular weight excluding hydrogens is 320 g/mol. The summed E-state index contributed by atoms with van der Waals surface area (Å²) in [5, 5.41) is 12.0. The van der Waals surface area contributed by atoms with Gasteiger partial charge in [0, 0.05) is 57.8 Å². The van der Waals surface area contributed by atoms with E-state index in [2.05, 4.69) is 33.9 Å². The molecule has 8 nitrogen and oxygen atoms in total. The molecule has 0 saturated carbocycles. The van der Waals surface area contributed by atoms with Crippen LogP contribution in [0.25, 0.3) is 0 Å². The third-order valence-corrected chi connectivity index (χ3v) is 4.95. The van der Waals surface area contributed by atoms with Gasteiger partial charge in [0.05, 0.1) is 0 Å². The average Bonchev–Trinajstić information content (AvgIpc) is 3.01. The standard InChI is InChI=1S/C17H26N6O2/c1-11(2)16-20-19-14-6-5-12(10-23(14)16)8-18-9-13-7-15(24)22(4)17(25)21(13)3/h7,11-12,18H,5-6,8-10H2,1-4H3. The van der Waals surface area contributed by atoms with E-state index < -0.39 is 0 Å². The summed E-state index contributed by atoms with van der Waals surface area (Å²) in [5.41, 5.74) is 0.141. The third kappa shape index (κ3) is 3.44. The Morgan fingerprint density at radius 3 is 2.72 bits per heavy atom. The summed E-state index contributed by atoms with van der Waals surface area (Å²) >= 11 is 0. The van der Waals surface area contributed by atoms with E-state index in [1.165, 1.54) is 17.7 Å². The van der Waals surface area contributed by atoms with Crippen LogP contribution in [0.1, 0.15) is 43.5 Å². The molecule has 0 fully saturated rings. The fourth-order valence-corrected chi connectivity index (χ4v) is 3.36. The van der Waals surface area contributed by atoms with Crippen LogP contribution in [0.3, 0.4) is 0 Å². The van der Waals surface area contributed by atoms with Crippen molar-refractivity contribution in [1.29, 1.82) is 0 Å². The van der Waals surface area contributed by atoms with Crippen molar-refractivity contribution < 1.29 is 0 Å². The molecule has 0 bridgehead atoms. The van der Waals surface area contributed by atoms with Crippen LogP contribution in [-0.2, 0) is 33.6 Å². The number of hydrogen-bond donors (Lipinski definition) is 1. The fourth-order valence-electron chi connectivity index (χ4n) is 3.36. The van der Waals surface area contributed by atoms with Gasteiger partial charge in [-0.1, -0.05) is 13.8 Å². The summed E-state index contributed by atoms with van der Waals surface area (Å²) in [6, 6.07) is 1.52. The first kappa shape index (κ1) is 17.6. The Morgan fingerprint density at radius 1 is 1.24 bits per heavy atom. The van der Waals surface area contributed by atoms with Crippen LogP contribution < -0.4 is 16.6 Å². The molecule has 0 aliphatic carbocycles. The molecule has 0 amide bonds. The van der Waals surface area contributed by atoms with Gasteiger partial charge >= 0.3 is 5.69 Å². The summed E-state index contributed by atoms with van der Waals surface area (Å²) in [6.45, 7) is 6.52. The van der Waals surface area contributed by atoms with E-state index in [0.717, 1.165) is 42.1 Å². The predicted molar refractivity (Wildman–Crippen MR) is 94.6 cm³/mol. The largest absolute Gasteiger partial charge is 0.330 e. The van der Waals surface area contributed by atoms with Crippen LogP contribution in [0, 0.1) is 5.92 Å². The topological polar surface area (TPSA) is 86.7 Å². The maximum absolute atomic E-state index is 12.0. The SMILES string of the molecule is CC(C)c1nnc2n1CC(CNCc1cc(=O)n(C)c(=O)n1C)CC2. The molecule has 1 unspecified atom stereocenters. The van der Waals surface area contributed by atoms with Gasteiger partial charge in [-0.3, -0.25) is 13.9 Å². The van der Waals surface area contributed by atoms with Gasteiger partial charge in [0.15, 0.2) is 0 Å². The van der Waals surface area contributed by atoms with E-state index in [1.54, 1.807) is 7.05 Å². The molecule has 25 heavy (non-hydrogen) atoms. The van der Waals surface area contributed by atoms with Crippen molar-refractivity contribution in [1.82, 2.24) is 29.2 Å². The lowest BCUT2D eigenvalue weighted by Gasteiger charge is -2.25. The van der Waals surface area contributed by atoms with Gasteiger partial charge < -0.3 is 9.88 Å². The summed E-state index contributed by atoms with van der Waals surface area (Å²) in [5.74, 6) is 2.98. The van der Waals surface area contributed by atoms with Gasteiger partial charge in [-0.05, 0) is 12.3 Å². The number of aromatic nitrogens is 5. The van der Waals surface area contributed by atoms with E-state index >= 15 is 0 Å². The van der Waals surface area contributed by atoms with Crippen LogP contribution in [0.2, 0.25) is 0 Å². The van der Waals surface area contributed by atoms with Crippen molar-refractivity contribution in [3.8, 4) is 0 Å².